The molecule has 106 valence electrons. The molecule has 2 aliphatic rings. The molecule has 0 unspecified atom stereocenters. The summed E-state index contributed by atoms with van der Waals surface area (Å²) in [6.07, 6.45) is 2.46. The summed E-state index contributed by atoms with van der Waals surface area (Å²) in [5.41, 5.74) is 6.90. The van der Waals surface area contributed by atoms with Crippen molar-refractivity contribution in [1.29, 1.82) is 0 Å². The molecule has 2 N–H and O–H groups in total. The van der Waals surface area contributed by atoms with Gasteiger partial charge in [0.05, 0.1) is 23.8 Å². The summed E-state index contributed by atoms with van der Waals surface area (Å²) in [6.45, 7) is 3.38. The fourth-order valence-electron chi connectivity index (χ4n) is 2.32. The molecule has 1 saturated carbocycles. The van der Waals surface area contributed by atoms with E-state index < -0.39 is 0 Å². The topological polar surface area (TPSA) is 77.2 Å². The quantitative estimate of drug-likeness (QED) is 0.934. The zero-order valence-electron chi connectivity index (χ0n) is 10.9. The van der Waals surface area contributed by atoms with Crippen LogP contribution in [0.5, 0.6) is 0 Å². The summed E-state index contributed by atoms with van der Waals surface area (Å²) in [5.74, 6) is 0.598. The van der Waals surface area contributed by atoms with E-state index in [1.54, 1.807) is 11.3 Å². The van der Waals surface area contributed by atoms with Crippen LogP contribution in [0.1, 0.15) is 24.5 Å². The molecule has 2 fully saturated rings. The molecule has 0 atom stereocenters. The van der Waals surface area contributed by atoms with Crippen molar-refractivity contribution >= 4 is 32.9 Å². The summed E-state index contributed by atoms with van der Waals surface area (Å²) in [6, 6.07) is 0. The third kappa shape index (κ3) is 2.27. The third-order valence-corrected chi connectivity index (χ3v) is 5.56. The molecule has 0 radical (unpaired) electrons. The monoisotopic (exact) mass is 309 g/mol. The SMILES string of the molecule is Nc1nnc(-c2sc(N3CCOCC3)nc2C2CC2)s1. The van der Waals surface area contributed by atoms with E-state index >= 15 is 0 Å². The number of aromatic nitrogens is 3. The highest BCUT2D eigenvalue weighted by Crippen LogP contribution is 2.48. The average molecular weight is 309 g/mol. The first-order valence-corrected chi connectivity index (χ1v) is 8.37. The number of nitrogens with two attached hydrogens (primary N) is 1. The number of ether oxygens (including phenoxy) is 1. The van der Waals surface area contributed by atoms with Crippen LogP contribution in [-0.4, -0.2) is 41.5 Å². The number of hydrogen-bond acceptors (Lipinski definition) is 8. The smallest absolute Gasteiger partial charge is 0.203 e. The number of nitrogen functional groups attached to an aromatic ring is 1. The van der Waals surface area contributed by atoms with Crippen LogP contribution in [-0.2, 0) is 4.74 Å². The van der Waals surface area contributed by atoms with Crippen LogP contribution < -0.4 is 10.6 Å². The standard InChI is InChI=1S/C12H15N5OS2/c13-11-16-15-10(20-11)9-8(7-1-2-7)14-12(19-9)17-3-5-18-6-4-17/h7H,1-6H2,(H2,13,16). The van der Waals surface area contributed by atoms with E-state index in [1.165, 1.54) is 29.9 Å². The largest absolute Gasteiger partial charge is 0.378 e. The highest BCUT2D eigenvalue weighted by molar-refractivity contribution is 7.25. The lowest BCUT2D eigenvalue weighted by Gasteiger charge is -2.26. The van der Waals surface area contributed by atoms with Gasteiger partial charge in [-0.1, -0.05) is 22.7 Å². The fraction of sp³-hybridized carbons (Fsp3) is 0.583. The van der Waals surface area contributed by atoms with Crippen molar-refractivity contribution in [3.8, 4) is 9.88 Å². The predicted molar refractivity (Wildman–Crippen MR) is 80.4 cm³/mol. The second-order valence-corrected chi connectivity index (χ2v) is 7.02. The third-order valence-electron chi connectivity index (χ3n) is 3.52. The van der Waals surface area contributed by atoms with Gasteiger partial charge in [-0.25, -0.2) is 4.98 Å². The second kappa shape index (κ2) is 4.94. The Morgan fingerprint density at radius 2 is 1.95 bits per heavy atom. The van der Waals surface area contributed by atoms with Crippen molar-refractivity contribution in [2.24, 2.45) is 0 Å². The summed E-state index contributed by atoms with van der Waals surface area (Å²) in [7, 11) is 0. The molecular weight excluding hydrogens is 294 g/mol. The van der Waals surface area contributed by atoms with E-state index in [4.69, 9.17) is 15.5 Å². The molecule has 2 aromatic rings. The van der Waals surface area contributed by atoms with Gasteiger partial charge in [0.1, 0.15) is 0 Å². The van der Waals surface area contributed by atoms with Crippen LogP contribution in [0.25, 0.3) is 9.88 Å². The zero-order valence-corrected chi connectivity index (χ0v) is 12.5. The van der Waals surface area contributed by atoms with E-state index in [0.29, 0.717) is 11.0 Å². The Bertz CT molecular complexity index is 615. The summed E-state index contributed by atoms with van der Waals surface area (Å²) < 4.78 is 5.40. The number of nitrogens with zero attached hydrogens (tertiary/aromatic N) is 4. The summed E-state index contributed by atoms with van der Waals surface area (Å²) >= 11 is 3.16. The zero-order chi connectivity index (χ0) is 13.5. The average Bonchev–Trinajstić information content (AvgIpc) is 3.08. The van der Waals surface area contributed by atoms with Crippen LogP contribution in [0.3, 0.4) is 0 Å². The molecule has 0 aromatic carbocycles. The van der Waals surface area contributed by atoms with E-state index in [-0.39, 0.29) is 0 Å². The first-order valence-electron chi connectivity index (χ1n) is 6.74. The summed E-state index contributed by atoms with van der Waals surface area (Å²) in [5, 5.41) is 10.6. The second-order valence-electron chi connectivity index (χ2n) is 5.03. The van der Waals surface area contributed by atoms with Crippen LogP contribution in [0, 0.1) is 0 Å². The first-order chi connectivity index (χ1) is 9.81. The molecule has 2 aromatic heterocycles. The minimum Gasteiger partial charge on any atom is -0.378 e. The van der Waals surface area contributed by atoms with E-state index in [0.717, 1.165) is 41.3 Å². The number of rotatable bonds is 3. The molecular formula is C12H15N5OS2. The molecule has 0 bridgehead atoms. The van der Waals surface area contributed by atoms with Crippen molar-refractivity contribution < 1.29 is 4.74 Å². The molecule has 1 aliphatic heterocycles. The van der Waals surface area contributed by atoms with Gasteiger partial charge in [-0.3, -0.25) is 0 Å². The Labute approximate surface area is 124 Å². The minimum absolute atomic E-state index is 0.517. The van der Waals surface area contributed by atoms with E-state index in [1.807, 2.05) is 0 Å². The number of thiazole rings is 1. The molecule has 20 heavy (non-hydrogen) atoms. The van der Waals surface area contributed by atoms with Gasteiger partial charge in [-0.05, 0) is 12.8 Å². The van der Waals surface area contributed by atoms with E-state index in [9.17, 15) is 0 Å². The molecule has 4 rings (SSSR count). The van der Waals surface area contributed by atoms with Crippen molar-refractivity contribution in [2.75, 3.05) is 36.9 Å². The van der Waals surface area contributed by atoms with Gasteiger partial charge in [0.2, 0.25) is 5.13 Å². The highest BCUT2D eigenvalue weighted by Gasteiger charge is 2.32. The van der Waals surface area contributed by atoms with Gasteiger partial charge in [0.15, 0.2) is 10.1 Å². The maximum absolute atomic E-state index is 5.71. The molecule has 6 nitrogen and oxygen atoms in total. The van der Waals surface area contributed by atoms with Crippen molar-refractivity contribution in [2.45, 2.75) is 18.8 Å². The molecule has 3 heterocycles. The molecule has 0 amide bonds. The molecule has 1 aliphatic carbocycles. The van der Waals surface area contributed by atoms with Crippen molar-refractivity contribution in [1.82, 2.24) is 15.2 Å². The Morgan fingerprint density at radius 3 is 2.60 bits per heavy atom. The Kier molecular flexibility index (Phi) is 3.08. The van der Waals surface area contributed by atoms with Gasteiger partial charge in [-0.15, -0.1) is 10.2 Å². The number of morpholine rings is 1. The van der Waals surface area contributed by atoms with Gasteiger partial charge < -0.3 is 15.4 Å². The first kappa shape index (κ1) is 12.5. The highest BCUT2D eigenvalue weighted by atomic mass is 32.1. The Morgan fingerprint density at radius 1 is 1.15 bits per heavy atom. The number of anilines is 2. The van der Waals surface area contributed by atoms with E-state index in [2.05, 4.69) is 15.1 Å². The molecule has 8 heteroatoms. The maximum Gasteiger partial charge on any atom is 0.203 e. The van der Waals surface area contributed by atoms with Gasteiger partial charge in [0, 0.05) is 19.0 Å². The molecule has 0 spiro atoms. The normalized spacial score (nSPS) is 19.5. The van der Waals surface area contributed by atoms with Crippen molar-refractivity contribution in [3.05, 3.63) is 5.69 Å². The van der Waals surface area contributed by atoms with Gasteiger partial charge in [-0.2, -0.15) is 0 Å². The summed E-state index contributed by atoms with van der Waals surface area (Å²) in [4.78, 5) is 8.32. The maximum atomic E-state index is 5.71. The van der Waals surface area contributed by atoms with Crippen LogP contribution in [0.15, 0.2) is 0 Å². The van der Waals surface area contributed by atoms with Gasteiger partial charge >= 0.3 is 0 Å². The lowest BCUT2D eigenvalue weighted by molar-refractivity contribution is 0.122. The lowest BCUT2D eigenvalue weighted by atomic mass is 10.2. The van der Waals surface area contributed by atoms with Crippen LogP contribution >= 0.6 is 22.7 Å². The number of hydrogen-bond donors (Lipinski definition) is 1. The van der Waals surface area contributed by atoms with Crippen molar-refractivity contribution in [3.63, 3.8) is 0 Å². The fourth-order valence-corrected chi connectivity index (χ4v) is 4.22. The Hall–Kier alpha value is -1.25. The van der Waals surface area contributed by atoms with Crippen LogP contribution in [0.2, 0.25) is 0 Å². The lowest BCUT2D eigenvalue weighted by Crippen LogP contribution is -2.36. The predicted octanol–water partition coefficient (Wildman–Crippen LogP) is 1.96. The van der Waals surface area contributed by atoms with Crippen LogP contribution in [0.4, 0.5) is 10.3 Å². The van der Waals surface area contributed by atoms with Gasteiger partial charge in [0.25, 0.3) is 0 Å². The molecule has 1 saturated heterocycles. The Balaban J connectivity index is 1.71. The minimum atomic E-state index is 0.517.